The first-order chi connectivity index (χ1) is 5.88. The van der Waals surface area contributed by atoms with Crippen LogP contribution in [0.15, 0.2) is 35.5 Å². The van der Waals surface area contributed by atoms with Crippen LogP contribution in [0.5, 0.6) is 0 Å². The van der Waals surface area contributed by atoms with Crippen LogP contribution in [-0.2, 0) is 9.53 Å². The van der Waals surface area contributed by atoms with E-state index in [9.17, 15) is 4.79 Å². The van der Waals surface area contributed by atoms with Crippen molar-refractivity contribution in [1.82, 2.24) is 0 Å². The molecular formula is C10H10O2. The minimum Gasteiger partial charge on any atom is -0.462 e. The molecule has 0 spiro atoms. The molecule has 0 saturated carbocycles. The van der Waals surface area contributed by atoms with Gasteiger partial charge in [-0.2, -0.15) is 0 Å². The van der Waals surface area contributed by atoms with Crippen LogP contribution < -0.4 is 0 Å². The Balaban J connectivity index is 2.43. The van der Waals surface area contributed by atoms with Crippen molar-refractivity contribution in [3.05, 3.63) is 35.5 Å². The van der Waals surface area contributed by atoms with E-state index >= 15 is 0 Å². The molecule has 2 rings (SSSR count). The molecule has 0 amide bonds. The van der Waals surface area contributed by atoms with Crippen molar-refractivity contribution in [2.45, 2.75) is 12.8 Å². The molecule has 12 heavy (non-hydrogen) atoms. The molecule has 0 N–H and O–H groups in total. The maximum absolute atomic E-state index is 11.2. The second-order valence-electron chi connectivity index (χ2n) is 2.87. The van der Waals surface area contributed by atoms with Gasteiger partial charge in [-0.15, -0.1) is 0 Å². The average molecular weight is 162 g/mol. The van der Waals surface area contributed by atoms with Crippen LogP contribution in [0.4, 0.5) is 0 Å². The van der Waals surface area contributed by atoms with E-state index < -0.39 is 0 Å². The zero-order chi connectivity index (χ0) is 8.39. The zero-order valence-electron chi connectivity index (χ0n) is 6.75. The Morgan fingerprint density at radius 1 is 1.25 bits per heavy atom. The lowest BCUT2D eigenvalue weighted by Crippen LogP contribution is -2.15. The Labute approximate surface area is 71.2 Å². The molecule has 0 unspecified atom stereocenters. The highest BCUT2D eigenvalue weighted by Gasteiger charge is 2.18. The molecule has 0 aromatic heterocycles. The van der Waals surface area contributed by atoms with E-state index in [1.54, 1.807) is 0 Å². The van der Waals surface area contributed by atoms with Gasteiger partial charge in [0.2, 0.25) is 0 Å². The van der Waals surface area contributed by atoms with Gasteiger partial charge in [-0.1, -0.05) is 24.3 Å². The van der Waals surface area contributed by atoms with Gasteiger partial charge in [0.15, 0.2) is 0 Å². The van der Waals surface area contributed by atoms with Crippen molar-refractivity contribution >= 4 is 5.97 Å². The van der Waals surface area contributed by atoms with Crippen LogP contribution in [-0.4, -0.2) is 12.6 Å². The third kappa shape index (κ3) is 1.20. The van der Waals surface area contributed by atoms with Crippen LogP contribution >= 0.6 is 0 Å². The van der Waals surface area contributed by atoms with Gasteiger partial charge >= 0.3 is 5.97 Å². The lowest BCUT2D eigenvalue weighted by atomic mass is 10.0. The zero-order valence-corrected chi connectivity index (χ0v) is 6.75. The maximum Gasteiger partial charge on any atom is 0.338 e. The van der Waals surface area contributed by atoms with Crippen LogP contribution in [0.1, 0.15) is 12.8 Å². The third-order valence-corrected chi connectivity index (χ3v) is 2.05. The molecule has 0 atom stereocenters. The summed E-state index contributed by atoms with van der Waals surface area (Å²) >= 11 is 0. The molecule has 1 aliphatic carbocycles. The van der Waals surface area contributed by atoms with Gasteiger partial charge < -0.3 is 4.74 Å². The van der Waals surface area contributed by atoms with Gasteiger partial charge in [-0.05, 0) is 12.0 Å². The minimum atomic E-state index is -0.181. The van der Waals surface area contributed by atoms with Crippen molar-refractivity contribution in [3.8, 4) is 0 Å². The first-order valence-corrected chi connectivity index (χ1v) is 4.11. The van der Waals surface area contributed by atoms with E-state index in [0.717, 1.165) is 24.0 Å². The summed E-state index contributed by atoms with van der Waals surface area (Å²) < 4.78 is 4.92. The van der Waals surface area contributed by atoms with Gasteiger partial charge in [0.05, 0.1) is 12.2 Å². The number of hydrogen-bond donors (Lipinski definition) is 0. The molecule has 2 heteroatoms. The minimum absolute atomic E-state index is 0.181. The summed E-state index contributed by atoms with van der Waals surface area (Å²) in [5.74, 6) is -0.181. The summed E-state index contributed by atoms with van der Waals surface area (Å²) in [5.41, 5.74) is 1.84. The first kappa shape index (κ1) is 7.35. The number of carbonyl (C=O) groups is 1. The summed E-state index contributed by atoms with van der Waals surface area (Å²) in [5, 5.41) is 0. The fraction of sp³-hybridized carbons (Fsp3) is 0.300. The Morgan fingerprint density at radius 3 is 3.00 bits per heavy atom. The summed E-state index contributed by atoms with van der Waals surface area (Å²) in [6, 6.07) is 0. The molecule has 0 radical (unpaired) electrons. The van der Waals surface area contributed by atoms with E-state index in [-0.39, 0.29) is 5.97 Å². The molecule has 2 nitrogen and oxygen atoms in total. The number of allylic oxidation sites excluding steroid dienone is 3. The van der Waals surface area contributed by atoms with Gasteiger partial charge in [-0.25, -0.2) is 4.79 Å². The highest BCUT2D eigenvalue weighted by Crippen LogP contribution is 2.21. The number of hydrogen-bond acceptors (Lipinski definition) is 2. The predicted molar refractivity (Wildman–Crippen MR) is 45.5 cm³/mol. The van der Waals surface area contributed by atoms with Crippen LogP contribution in [0, 0.1) is 0 Å². The smallest absolute Gasteiger partial charge is 0.338 e. The largest absolute Gasteiger partial charge is 0.462 e. The number of carbonyl (C=O) groups excluding carboxylic acids is 1. The molecule has 1 heterocycles. The highest BCUT2D eigenvalue weighted by atomic mass is 16.5. The fourth-order valence-electron chi connectivity index (χ4n) is 1.42. The highest BCUT2D eigenvalue weighted by molar-refractivity contribution is 5.94. The van der Waals surface area contributed by atoms with Gasteiger partial charge in [0.1, 0.15) is 0 Å². The molecule has 62 valence electrons. The molecule has 0 bridgehead atoms. The SMILES string of the molecule is O=C1OCCC2=C1C=CCC=C2. The summed E-state index contributed by atoms with van der Waals surface area (Å²) in [7, 11) is 0. The van der Waals surface area contributed by atoms with Crippen LogP contribution in [0.3, 0.4) is 0 Å². The number of esters is 1. The van der Waals surface area contributed by atoms with Crippen LogP contribution in [0.25, 0.3) is 0 Å². The lowest BCUT2D eigenvalue weighted by Gasteiger charge is -2.14. The van der Waals surface area contributed by atoms with Crippen molar-refractivity contribution in [2.75, 3.05) is 6.61 Å². The lowest BCUT2D eigenvalue weighted by molar-refractivity contribution is -0.139. The van der Waals surface area contributed by atoms with Crippen molar-refractivity contribution in [1.29, 1.82) is 0 Å². The topological polar surface area (TPSA) is 26.3 Å². The predicted octanol–water partition coefficient (Wildman–Crippen LogP) is 1.75. The fourth-order valence-corrected chi connectivity index (χ4v) is 1.42. The number of ether oxygens (including phenoxy) is 1. The molecule has 0 saturated heterocycles. The molecular weight excluding hydrogens is 152 g/mol. The summed E-state index contributed by atoms with van der Waals surface area (Å²) in [6.07, 6.45) is 9.68. The second kappa shape index (κ2) is 2.97. The Kier molecular flexibility index (Phi) is 1.82. The molecule has 1 aliphatic heterocycles. The molecule has 0 aromatic carbocycles. The summed E-state index contributed by atoms with van der Waals surface area (Å²) in [4.78, 5) is 11.2. The van der Waals surface area contributed by atoms with Gasteiger partial charge in [0.25, 0.3) is 0 Å². The van der Waals surface area contributed by atoms with E-state index in [0.29, 0.717) is 6.61 Å². The van der Waals surface area contributed by atoms with E-state index in [1.165, 1.54) is 0 Å². The van der Waals surface area contributed by atoms with Crippen molar-refractivity contribution in [3.63, 3.8) is 0 Å². The molecule has 0 fully saturated rings. The molecule has 0 aromatic rings. The van der Waals surface area contributed by atoms with Crippen molar-refractivity contribution < 1.29 is 9.53 Å². The van der Waals surface area contributed by atoms with Crippen molar-refractivity contribution in [2.24, 2.45) is 0 Å². The third-order valence-electron chi connectivity index (χ3n) is 2.05. The van der Waals surface area contributed by atoms with E-state index in [1.807, 2.05) is 18.2 Å². The standard InChI is InChI=1S/C10H10O2/c11-10-9-5-3-1-2-4-8(9)6-7-12-10/h2-5H,1,6-7H2. The Hall–Kier alpha value is -1.31. The molecule has 2 aliphatic rings. The number of cyclic esters (lactones) is 1. The number of rotatable bonds is 0. The Morgan fingerprint density at radius 2 is 2.08 bits per heavy atom. The quantitative estimate of drug-likeness (QED) is 0.507. The van der Waals surface area contributed by atoms with Gasteiger partial charge in [0, 0.05) is 6.42 Å². The van der Waals surface area contributed by atoms with Gasteiger partial charge in [-0.3, -0.25) is 0 Å². The summed E-state index contributed by atoms with van der Waals surface area (Å²) in [6.45, 7) is 0.524. The van der Waals surface area contributed by atoms with E-state index in [4.69, 9.17) is 4.74 Å². The van der Waals surface area contributed by atoms with Crippen LogP contribution in [0.2, 0.25) is 0 Å². The van der Waals surface area contributed by atoms with E-state index in [2.05, 4.69) is 6.08 Å². The normalized spacial score (nSPS) is 21.8. The monoisotopic (exact) mass is 162 g/mol. The average Bonchev–Trinajstić information content (AvgIpc) is 2.30. The maximum atomic E-state index is 11.2. The first-order valence-electron chi connectivity index (χ1n) is 4.11. The second-order valence-corrected chi connectivity index (χ2v) is 2.87. The Bertz CT molecular complexity index is 295.